The van der Waals surface area contributed by atoms with Crippen molar-refractivity contribution in [3.05, 3.63) is 35.8 Å². The summed E-state index contributed by atoms with van der Waals surface area (Å²) in [5.74, 6) is 0.617. The third-order valence-corrected chi connectivity index (χ3v) is 5.34. The van der Waals surface area contributed by atoms with Gasteiger partial charge in [-0.3, -0.25) is 4.99 Å². The van der Waals surface area contributed by atoms with Gasteiger partial charge in [-0.05, 0) is 50.1 Å². The second-order valence-corrected chi connectivity index (χ2v) is 7.10. The molecule has 1 aromatic heterocycles. The van der Waals surface area contributed by atoms with Crippen LogP contribution in [-0.4, -0.2) is 55.6 Å². The Labute approximate surface area is 178 Å². The van der Waals surface area contributed by atoms with E-state index in [1.165, 1.54) is 31.7 Å². The minimum absolute atomic E-state index is 0. The van der Waals surface area contributed by atoms with E-state index in [0.717, 1.165) is 54.5 Å². The van der Waals surface area contributed by atoms with Crippen molar-refractivity contribution >= 4 is 40.8 Å². The second-order valence-electron chi connectivity index (χ2n) is 7.10. The first-order valence-electron chi connectivity index (χ1n) is 9.57. The second kappa shape index (κ2) is 10.8. The fraction of sp³-hybridized carbons (Fsp3) is 0.550. The van der Waals surface area contributed by atoms with Gasteiger partial charge in [0, 0.05) is 49.8 Å². The predicted octanol–water partition coefficient (Wildman–Crippen LogP) is 3.51. The van der Waals surface area contributed by atoms with Crippen LogP contribution in [0.25, 0.3) is 10.9 Å². The Hall–Kier alpha value is -1.35. The van der Waals surface area contributed by atoms with Gasteiger partial charge in [0.05, 0.1) is 0 Å². The van der Waals surface area contributed by atoms with E-state index in [-0.39, 0.29) is 29.8 Å². The number of aromatic amines is 1. The number of benzene rings is 1. The third-order valence-electron chi connectivity index (χ3n) is 5.34. The van der Waals surface area contributed by atoms with Gasteiger partial charge in [-0.1, -0.05) is 12.8 Å². The average Bonchev–Trinajstić information content (AvgIpc) is 3.30. The summed E-state index contributed by atoms with van der Waals surface area (Å²) in [6.07, 6.45) is 8.15. The summed E-state index contributed by atoms with van der Waals surface area (Å²) in [6, 6.07) is 5.60. The SMILES string of the molecule is CN=C(NCCc1c[nH]c2ccc(F)cc12)NCCN(C)C1CCCC1.I. The maximum absolute atomic E-state index is 13.5. The number of fused-ring (bicyclic) bond motifs is 1. The van der Waals surface area contributed by atoms with Crippen molar-refractivity contribution in [2.75, 3.05) is 33.7 Å². The number of aromatic nitrogens is 1. The van der Waals surface area contributed by atoms with Crippen molar-refractivity contribution in [2.24, 2.45) is 4.99 Å². The molecule has 5 nitrogen and oxygen atoms in total. The lowest BCUT2D eigenvalue weighted by molar-refractivity contribution is 0.249. The van der Waals surface area contributed by atoms with E-state index < -0.39 is 0 Å². The lowest BCUT2D eigenvalue weighted by atomic mass is 10.1. The predicted molar refractivity (Wildman–Crippen MR) is 122 cm³/mol. The number of nitrogens with zero attached hydrogens (tertiary/aromatic N) is 2. The monoisotopic (exact) mass is 487 g/mol. The van der Waals surface area contributed by atoms with Crippen molar-refractivity contribution in [1.29, 1.82) is 0 Å². The first kappa shape index (κ1) is 21.9. The van der Waals surface area contributed by atoms with Gasteiger partial charge in [-0.2, -0.15) is 0 Å². The molecule has 7 heteroatoms. The molecule has 0 bridgehead atoms. The summed E-state index contributed by atoms with van der Waals surface area (Å²) < 4.78 is 13.5. The molecule has 0 saturated heterocycles. The highest BCUT2D eigenvalue weighted by molar-refractivity contribution is 14.0. The van der Waals surface area contributed by atoms with Gasteiger partial charge in [-0.15, -0.1) is 24.0 Å². The number of H-pyrrole nitrogens is 1. The Bertz CT molecular complexity index is 739. The molecule has 0 radical (unpaired) electrons. The van der Waals surface area contributed by atoms with Crippen LogP contribution >= 0.6 is 24.0 Å². The number of guanidine groups is 1. The fourth-order valence-corrected chi connectivity index (χ4v) is 3.77. The van der Waals surface area contributed by atoms with Gasteiger partial charge >= 0.3 is 0 Å². The zero-order chi connectivity index (χ0) is 18.4. The Kier molecular flexibility index (Phi) is 8.82. The van der Waals surface area contributed by atoms with Gasteiger partial charge in [0.15, 0.2) is 5.96 Å². The van der Waals surface area contributed by atoms with E-state index in [1.807, 2.05) is 6.20 Å². The number of rotatable bonds is 7. The molecule has 150 valence electrons. The van der Waals surface area contributed by atoms with Crippen LogP contribution in [-0.2, 0) is 6.42 Å². The number of halogens is 2. The van der Waals surface area contributed by atoms with Gasteiger partial charge in [-0.25, -0.2) is 4.39 Å². The highest BCUT2D eigenvalue weighted by Gasteiger charge is 2.18. The Morgan fingerprint density at radius 2 is 2.00 bits per heavy atom. The van der Waals surface area contributed by atoms with E-state index in [2.05, 4.69) is 32.6 Å². The van der Waals surface area contributed by atoms with Crippen LogP contribution in [0.4, 0.5) is 4.39 Å². The molecule has 0 unspecified atom stereocenters. The maximum Gasteiger partial charge on any atom is 0.191 e. The largest absolute Gasteiger partial charge is 0.361 e. The van der Waals surface area contributed by atoms with Crippen LogP contribution in [0.15, 0.2) is 29.4 Å². The van der Waals surface area contributed by atoms with Crippen LogP contribution in [0.5, 0.6) is 0 Å². The van der Waals surface area contributed by atoms with Crippen LogP contribution in [0.3, 0.4) is 0 Å². The molecule has 1 aliphatic carbocycles. The number of likely N-dealkylation sites (N-methyl/N-ethyl adjacent to an activating group) is 1. The molecule has 1 fully saturated rings. The van der Waals surface area contributed by atoms with E-state index >= 15 is 0 Å². The van der Waals surface area contributed by atoms with Crippen molar-refractivity contribution in [3.63, 3.8) is 0 Å². The zero-order valence-electron chi connectivity index (χ0n) is 16.2. The molecule has 0 aliphatic heterocycles. The number of hydrogen-bond acceptors (Lipinski definition) is 2. The zero-order valence-corrected chi connectivity index (χ0v) is 18.6. The summed E-state index contributed by atoms with van der Waals surface area (Å²) in [4.78, 5) is 9.93. The Morgan fingerprint density at radius 1 is 1.26 bits per heavy atom. The number of aliphatic imine (C=N–C) groups is 1. The molecule has 1 saturated carbocycles. The molecule has 2 aromatic rings. The van der Waals surface area contributed by atoms with E-state index in [4.69, 9.17) is 0 Å². The topological polar surface area (TPSA) is 55.5 Å². The normalized spacial score (nSPS) is 15.3. The van der Waals surface area contributed by atoms with Crippen LogP contribution in [0.2, 0.25) is 0 Å². The lowest BCUT2D eigenvalue weighted by Crippen LogP contribution is -2.43. The van der Waals surface area contributed by atoms with Crippen molar-refractivity contribution < 1.29 is 4.39 Å². The minimum Gasteiger partial charge on any atom is -0.361 e. The molecule has 1 aliphatic rings. The molecule has 0 atom stereocenters. The van der Waals surface area contributed by atoms with Gasteiger partial charge < -0.3 is 20.5 Å². The highest BCUT2D eigenvalue weighted by atomic mass is 127. The van der Waals surface area contributed by atoms with E-state index in [1.54, 1.807) is 19.2 Å². The van der Waals surface area contributed by atoms with Crippen LogP contribution in [0, 0.1) is 5.82 Å². The summed E-state index contributed by atoms with van der Waals surface area (Å²) in [5, 5.41) is 7.67. The molecule has 3 rings (SSSR count). The average molecular weight is 487 g/mol. The van der Waals surface area contributed by atoms with E-state index in [0.29, 0.717) is 0 Å². The summed E-state index contributed by atoms with van der Waals surface area (Å²) in [6.45, 7) is 2.65. The summed E-state index contributed by atoms with van der Waals surface area (Å²) in [7, 11) is 4.00. The van der Waals surface area contributed by atoms with Gasteiger partial charge in [0.25, 0.3) is 0 Å². The molecule has 0 amide bonds. The molecule has 1 heterocycles. The molecule has 0 spiro atoms. The summed E-state index contributed by atoms with van der Waals surface area (Å²) in [5.41, 5.74) is 2.09. The molecular formula is C20H31FIN5. The fourth-order valence-electron chi connectivity index (χ4n) is 3.77. The molecule has 1 aromatic carbocycles. The maximum atomic E-state index is 13.5. The van der Waals surface area contributed by atoms with E-state index in [9.17, 15) is 4.39 Å². The van der Waals surface area contributed by atoms with Gasteiger partial charge in [0.1, 0.15) is 5.82 Å². The molecular weight excluding hydrogens is 456 g/mol. The van der Waals surface area contributed by atoms with Crippen molar-refractivity contribution in [2.45, 2.75) is 38.1 Å². The number of hydrogen-bond donors (Lipinski definition) is 3. The summed E-state index contributed by atoms with van der Waals surface area (Å²) >= 11 is 0. The first-order valence-corrected chi connectivity index (χ1v) is 9.57. The smallest absolute Gasteiger partial charge is 0.191 e. The minimum atomic E-state index is -0.199. The van der Waals surface area contributed by atoms with Crippen LogP contribution < -0.4 is 10.6 Å². The van der Waals surface area contributed by atoms with Crippen LogP contribution in [0.1, 0.15) is 31.2 Å². The van der Waals surface area contributed by atoms with Crippen molar-refractivity contribution in [1.82, 2.24) is 20.5 Å². The standard InChI is InChI=1S/C20H30FN5.HI/c1-22-20(24-11-12-26(2)17-5-3-4-6-17)23-10-9-15-14-25-19-8-7-16(21)13-18(15)19;/h7-8,13-14,17,25H,3-6,9-12H2,1-2H3,(H2,22,23,24);1H. The Morgan fingerprint density at radius 3 is 2.74 bits per heavy atom. The van der Waals surface area contributed by atoms with Crippen molar-refractivity contribution in [3.8, 4) is 0 Å². The molecule has 3 N–H and O–H groups in total. The first-order chi connectivity index (χ1) is 12.7. The quantitative estimate of drug-likeness (QED) is 0.319. The lowest BCUT2D eigenvalue weighted by Gasteiger charge is -2.24. The number of nitrogens with one attached hydrogen (secondary N) is 3. The third kappa shape index (κ3) is 6.07. The highest BCUT2D eigenvalue weighted by Crippen LogP contribution is 2.22. The van der Waals surface area contributed by atoms with Gasteiger partial charge in [0.2, 0.25) is 0 Å². The Balaban J connectivity index is 0.00000261. The molecule has 27 heavy (non-hydrogen) atoms.